The summed E-state index contributed by atoms with van der Waals surface area (Å²) in [6.45, 7) is 5.49. The van der Waals surface area contributed by atoms with Crippen LogP contribution >= 0.6 is 0 Å². The maximum absolute atomic E-state index is 12.6. The smallest absolute Gasteiger partial charge is 0.247 e. The van der Waals surface area contributed by atoms with Crippen LogP contribution in [-0.4, -0.2) is 73.1 Å². The lowest BCUT2D eigenvalue weighted by molar-refractivity contribution is -0.158. The second-order valence-electron chi connectivity index (χ2n) is 5.83. The molecule has 19 heavy (non-hydrogen) atoms. The molecule has 2 rings (SSSR count). The minimum Gasteiger partial charge on any atom is -0.380 e. The lowest BCUT2D eigenvalue weighted by Gasteiger charge is -2.45. The molecule has 2 unspecified atom stereocenters. The van der Waals surface area contributed by atoms with Crippen LogP contribution in [0.3, 0.4) is 0 Å². The highest BCUT2D eigenvalue weighted by molar-refractivity contribution is 5.93. The van der Waals surface area contributed by atoms with E-state index in [9.17, 15) is 9.59 Å². The summed E-state index contributed by atoms with van der Waals surface area (Å²) >= 11 is 0. The second-order valence-corrected chi connectivity index (χ2v) is 5.83. The maximum Gasteiger partial charge on any atom is 0.247 e. The number of nitrogens with one attached hydrogen (secondary N) is 1. The Labute approximate surface area is 114 Å². The zero-order valence-electron chi connectivity index (χ0n) is 12.1. The Kier molecular flexibility index (Phi) is 3.82. The largest absolute Gasteiger partial charge is 0.380 e. The van der Waals surface area contributed by atoms with E-state index in [1.165, 1.54) is 0 Å². The van der Waals surface area contributed by atoms with E-state index in [1.807, 2.05) is 13.8 Å². The molecule has 0 aromatic carbocycles. The number of carbonyl (C=O) groups excluding carboxylic acids is 2. The summed E-state index contributed by atoms with van der Waals surface area (Å²) in [6.07, 6.45) is 0.756. The van der Waals surface area contributed by atoms with Crippen molar-refractivity contribution in [3.8, 4) is 0 Å². The van der Waals surface area contributed by atoms with Gasteiger partial charge in [-0.1, -0.05) is 0 Å². The van der Waals surface area contributed by atoms with E-state index in [-0.39, 0.29) is 24.0 Å². The minimum atomic E-state index is -0.767. The fraction of sp³-hybridized carbons (Fsp3) is 0.846. The minimum absolute atomic E-state index is 0.00556. The lowest BCUT2D eigenvalue weighted by Crippen LogP contribution is -2.65. The van der Waals surface area contributed by atoms with Crippen LogP contribution in [0.5, 0.6) is 0 Å². The highest BCUT2D eigenvalue weighted by atomic mass is 16.5. The van der Waals surface area contributed by atoms with E-state index < -0.39 is 5.54 Å². The number of methoxy groups -OCH3 is 1. The summed E-state index contributed by atoms with van der Waals surface area (Å²) in [5, 5.41) is 3.18. The van der Waals surface area contributed by atoms with Gasteiger partial charge in [-0.05, 0) is 20.3 Å². The first-order chi connectivity index (χ1) is 8.87. The molecule has 2 amide bonds. The molecule has 2 saturated heterocycles. The van der Waals surface area contributed by atoms with Gasteiger partial charge in [-0.25, -0.2) is 0 Å². The van der Waals surface area contributed by atoms with Crippen molar-refractivity contribution >= 4 is 11.8 Å². The summed E-state index contributed by atoms with van der Waals surface area (Å²) in [4.78, 5) is 28.1. The first-order valence-corrected chi connectivity index (χ1v) is 6.71. The van der Waals surface area contributed by atoms with Crippen LogP contribution < -0.4 is 5.32 Å². The number of hydrogen-bond donors (Lipinski definition) is 1. The summed E-state index contributed by atoms with van der Waals surface area (Å²) in [5.74, 6) is -0.000566. The van der Waals surface area contributed by atoms with E-state index in [0.717, 1.165) is 0 Å². The Morgan fingerprint density at radius 3 is 2.68 bits per heavy atom. The third-order valence-corrected chi connectivity index (χ3v) is 4.19. The molecule has 2 heterocycles. The number of likely N-dealkylation sites (N-methyl/N-ethyl adjacent to an activating group) is 1. The Hall–Kier alpha value is -1.14. The molecule has 2 aliphatic rings. The molecular formula is C13H23N3O3. The molecule has 0 bridgehead atoms. The highest BCUT2D eigenvalue weighted by Gasteiger charge is 2.45. The topological polar surface area (TPSA) is 61.9 Å². The van der Waals surface area contributed by atoms with E-state index in [1.54, 1.807) is 24.0 Å². The van der Waals surface area contributed by atoms with Crippen LogP contribution in [0.15, 0.2) is 0 Å². The van der Waals surface area contributed by atoms with Crippen LogP contribution in [0.1, 0.15) is 20.3 Å². The Morgan fingerprint density at radius 1 is 1.42 bits per heavy atom. The lowest BCUT2D eigenvalue weighted by atomic mass is 9.96. The molecule has 0 saturated carbocycles. The monoisotopic (exact) mass is 269 g/mol. The highest BCUT2D eigenvalue weighted by Crippen LogP contribution is 2.24. The second kappa shape index (κ2) is 5.09. The summed E-state index contributed by atoms with van der Waals surface area (Å²) in [5.41, 5.74) is -0.767. The van der Waals surface area contributed by atoms with Gasteiger partial charge in [0.15, 0.2) is 0 Å². The van der Waals surface area contributed by atoms with Gasteiger partial charge >= 0.3 is 0 Å². The first kappa shape index (κ1) is 14.3. The molecule has 6 heteroatoms. The van der Waals surface area contributed by atoms with E-state index >= 15 is 0 Å². The van der Waals surface area contributed by atoms with Gasteiger partial charge in [0.2, 0.25) is 11.8 Å². The molecule has 2 aliphatic heterocycles. The molecule has 6 nitrogen and oxygen atoms in total. The SMILES string of the molecule is COC1CNC(C(=O)N2CCN(C)C(=O)C2(C)C)C1. The van der Waals surface area contributed by atoms with Crippen LogP contribution in [0.4, 0.5) is 0 Å². The third kappa shape index (κ3) is 2.47. The zero-order chi connectivity index (χ0) is 14.2. The van der Waals surface area contributed by atoms with Gasteiger partial charge in [0, 0.05) is 33.8 Å². The number of rotatable bonds is 2. The van der Waals surface area contributed by atoms with Crippen LogP contribution in [0, 0.1) is 0 Å². The number of ether oxygens (including phenoxy) is 1. The Bertz CT molecular complexity index is 383. The van der Waals surface area contributed by atoms with E-state index in [2.05, 4.69) is 5.32 Å². The average molecular weight is 269 g/mol. The van der Waals surface area contributed by atoms with Crippen molar-refractivity contribution in [2.75, 3.05) is 33.8 Å². The van der Waals surface area contributed by atoms with Gasteiger partial charge in [0.25, 0.3) is 0 Å². The van der Waals surface area contributed by atoms with E-state index in [0.29, 0.717) is 26.1 Å². The third-order valence-electron chi connectivity index (χ3n) is 4.19. The molecule has 0 radical (unpaired) electrons. The molecular weight excluding hydrogens is 246 g/mol. The average Bonchev–Trinajstić information content (AvgIpc) is 2.84. The first-order valence-electron chi connectivity index (χ1n) is 6.71. The van der Waals surface area contributed by atoms with Gasteiger partial charge in [-0.3, -0.25) is 9.59 Å². The van der Waals surface area contributed by atoms with Gasteiger partial charge in [0.1, 0.15) is 5.54 Å². The van der Waals surface area contributed by atoms with Crippen LogP contribution in [0.25, 0.3) is 0 Å². The van der Waals surface area contributed by atoms with E-state index in [4.69, 9.17) is 4.74 Å². The van der Waals surface area contributed by atoms with Crippen LogP contribution in [-0.2, 0) is 14.3 Å². The molecule has 0 spiro atoms. The van der Waals surface area contributed by atoms with Crippen molar-refractivity contribution < 1.29 is 14.3 Å². The number of hydrogen-bond acceptors (Lipinski definition) is 4. The molecule has 2 atom stereocenters. The normalized spacial score (nSPS) is 30.8. The quantitative estimate of drug-likeness (QED) is 0.730. The molecule has 108 valence electrons. The van der Waals surface area contributed by atoms with Crippen molar-refractivity contribution in [3.05, 3.63) is 0 Å². The van der Waals surface area contributed by atoms with Crippen molar-refractivity contribution in [1.82, 2.24) is 15.1 Å². The van der Waals surface area contributed by atoms with Crippen molar-refractivity contribution in [3.63, 3.8) is 0 Å². The predicted octanol–water partition coefficient (Wildman–Crippen LogP) is -0.557. The summed E-state index contributed by atoms with van der Waals surface area (Å²) < 4.78 is 5.26. The van der Waals surface area contributed by atoms with Crippen molar-refractivity contribution in [1.29, 1.82) is 0 Å². The standard InChI is InChI=1S/C13H23N3O3/c1-13(2)12(18)15(3)5-6-16(13)11(17)10-7-9(19-4)8-14-10/h9-10,14H,5-8H2,1-4H3. The summed E-state index contributed by atoms with van der Waals surface area (Å²) in [7, 11) is 3.43. The van der Waals surface area contributed by atoms with Gasteiger partial charge < -0.3 is 19.9 Å². The fourth-order valence-electron chi connectivity index (χ4n) is 2.86. The Morgan fingerprint density at radius 2 is 2.11 bits per heavy atom. The zero-order valence-corrected chi connectivity index (χ0v) is 12.1. The fourth-order valence-corrected chi connectivity index (χ4v) is 2.86. The van der Waals surface area contributed by atoms with Gasteiger partial charge in [-0.2, -0.15) is 0 Å². The molecule has 0 aromatic rings. The summed E-state index contributed by atoms with van der Waals surface area (Å²) in [6, 6.07) is -0.236. The number of nitrogens with zero attached hydrogens (tertiary/aromatic N) is 2. The molecule has 1 N–H and O–H groups in total. The van der Waals surface area contributed by atoms with Crippen molar-refractivity contribution in [2.45, 2.75) is 38.0 Å². The molecule has 0 aromatic heterocycles. The van der Waals surface area contributed by atoms with Crippen LogP contribution in [0.2, 0.25) is 0 Å². The number of piperazine rings is 1. The van der Waals surface area contributed by atoms with Crippen molar-refractivity contribution in [2.24, 2.45) is 0 Å². The predicted molar refractivity (Wildman–Crippen MR) is 70.6 cm³/mol. The Balaban J connectivity index is 2.09. The maximum atomic E-state index is 12.6. The molecule has 0 aliphatic carbocycles. The van der Waals surface area contributed by atoms with Gasteiger partial charge in [-0.15, -0.1) is 0 Å². The number of carbonyl (C=O) groups is 2. The van der Waals surface area contributed by atoms with Gasteiger partial charge in [0.05, 0.1) is 12.1 Å². The number of amides is 2. The molecule has 2 fully saturated rings.